The minimum absolute atomic E-state index is 0.174. The maximum Gasteiger partial charge on any atom is 0.416 e. The Morgan fingerprint density at radius 2 is 1.91 bits per heavy atom. The van der Waals surface area contributed by atoms with Crippen molar-refractivity contribution in [3.8, 4) is 0 Å². The number of rotatable bonds is 4. The lowest BCUT2D eigenvalue weighted by Gasteiger charge is -2.39. The molecule has 3 aliphatic heterocycles. The lowest BCUT2D eigenvalue weighted by molar-refractivity contribution is -0.137. The van der Waals surface area contributed by atoms with Crippen LogP contribution in [-0.4, -0.2) is 23.4 Å². The van der Waals surface area contributed by atoms with Crippen LogP contribution in [0.3, 0.4) is 0 Å². The van der Waals surface area contributed by atoms with E-state index in [1.807, 2.05) is 44.2 Å². The van der Waals surface area contributed by atoms with E-state index < -0.39 is 17.2 Å². The first-order chi connectivity index (χ1) is 15.8. The number of hydrogen-bond donors (Lipinski definition) is 1. The molecule has 0 aromatic heterocycles. The van der Waals surface area contributed by atoms with Crippen LogP contribution in [0.1, 0.15) is 37.0 Å². The van der Waals surface area contributed by atoms with Gasteiger partial charge in [0.15, 0.2) is 5.82 Å². The Morgan fingerprint density at radius 1 is 1.15 bits per heavy atom. The summed E-state index contributed by atoms with van der Waals surface area (Å²) in [6.07, 6.45) is -4.07. The van der Waals surface area contributed by atoms with Gasteiger partial charge in [-0.05, 0) is 30.5 Å². The molecule has 2 unspecified atom stereocenters. The Morgan fingerprint density at radius 3 is 2.61 bits per heavy atom. The van der Waals surface area contributed by atoms with Gasteiger partial charge in [-0.2, -0.15) is 18.3 Å². The van der Waals surface area contributed by atoms with Crippen LogP contribution < -0.4 is 5.32 Å². The van der Waals surface area contributed by atoms with Gasteiger partial charge in [-0.25, -0.2) is 0 Å². The van der Waals surface area contributed by atoms with Crippen molar-refractivity contribution in [2.45, 2.75) is 44.4 Å². The van der Waals surface area contributed by atoms with E-state index in [2.05, 4.69) is 15.5 Å². The third-order valence-corrected chi connectivity index (χ3v) is 6.92. The molecule has 0 aliphatic carbocycles. The molecule has 3 heterocycles. The van der Waals surface area contributed by atoms with Crippen LogP contribution in [0.2, 0.25) is 0 Å². The second-order valence-electron chi connectivity index (χ2n) is 8.57. The van der Waals surface area contributed by atoms with Gasteiger partial charge in [0, 0.05) is 17.8 Å². The third-order valence-electron chi connectivity index (χ3n) is 6.92. The fourth-order valence-corrected chi connectivity index (χ4v) is 5.27. The van der Waals surface area contributed by atoms with E-state index >= 15 is 0 Å². The first kappa shape index (κ1) is 21.4. The highest BCUT2D eigenvalue weighted by atomic mass is 19.4. The molecule has 5 nitrogen and oxygen atoms in total. The molecular formula is C25H23F3N4O. The molecule has 1 N–H and O–H groups in total. The summed E-state index contributed by atoms with van der Waals surface area (Å²) >= 11 is 0. The second kappa shape index (κ2) is 7.57. The van der Waals surface area contributed by atoms with Crippen molar-refractivity contribution in [3.63, 3.8) is 0 Å². The number of carbonyl (C=O) groups excluding carboxylic acids is 1. The van der Waals surface area contributed by atoms with Gasteiger partial charge in [0.05, 0.1) is 29.1 Å². The van der Waals surface area contributed by atoms with Crippen molar-refractivity contribution < 1.29 is 18.0 Å². The smallest absolute Gasteiger partial charge is 0.340 e. The van der Waals surface area contributed by atoms with Gasteiger partial charge in [0.2, 0.25) is 0 Å². The molecule has 2 aromatic carbocycles. The van der Waals surface area contributed by atoms with Crippen LogP contribution in [0.15, 0.2) is 87.5 Å². The van der Waals surface area contributed by atoms with E-state index in [4.69, 9.17) is 0 Å². The topological polar surface area (TPSA) is 57.1 Å². The molecule has 1 amide bonds. The lowest BCUT2D eigenvalue weighted by Crippen LogP contribution is -2.41. The summed E-state index contributed by atoms with van der Waals surface area (Å²) < 4.78 is 40.8. The average Bonchev–Trinajstić information content (AvgIpc) is 3.37. The van der Waals surface area contributed by atoms with Crippen molar-refractivity contribution in [1.29, 1.82) is 0 Å². The number of halogens is 3. The highest BCUT2D eigenvalue weighted by molar-refractivity contribution is 6.01. The van der Waals surface area contributed by atoms with Crippen molar-refractivity contribution in [2.24, 2.45) is 10.2 Å². The predicted octanol–water partition coefficient (Wildman–Crippen LogP) is 5.32. The molecule has 3 aliphatic rings. The van der Waals surface area contributed by atoms with Gasteiger partial charge in [-0.1, -0.05) is 55.5 Å². The molecule has 2 aromatic rings. The van der Waals surface area contributed by atoms with Crippen molar-refractivity contribution in [1.82, 2.24) is 10.2 Å². The number of dihydropyridines is 1. The normalized spacial score (nSPS) is 24.3. The van der Waals surface area contributed by atoms with Crippen molar-refractivity contribution >= 4 is 5.91 Å². The highest BCUT2D eigenvalue weighted by Gasteiger charge is 2.54. The number of hydrogen-bond acceptors (Lipinski definition) is 4. The molecule has 5 rings (SSSR count). The Kier molecular flexibility index (Phi) is 4.92. The molecule has 0 spiro atoms. The van der Waals surface area contributed by atoms with Gasteiger partial charge in [-0.15, -0.1) is 5.11 Å². The number of azo groups is 1. The average molecular weight is 452 g/mol. The van der Waals surface area contributed by atoms with Crippen LogP contribution in [-0.2, 0) is 22.9 Å². The van der Waals surface area contributed by atoms with Crippen molar-refractivity contribution in [3.05, 3.63) is 94.0 Å². The molecule has 0 saturated carbocycles. The van der Waals surface area contributed by atoms with Crippen LogP contribution in [0.25, 0.3) is 0 Å². The third kappa shape index (κ3) is 3.19. The Hall–Kier alpha value is -3.42. The van der Waals surface area contributed by atoms with E-state index in [-0.39, 0.29) is 18.5 Å². The summed E-state index contributed by atoms with van der Waals surface area (Å²) in [5.41, 5.74) is 1.59. The molecule has 0 bridgehead atoms. The first-order valence-electron chi connectivity index (χ1n) is 10.9. The summed E-state index contributed by atoms with van der Waals surface area (Å²) in [5.74, 6) is 0.362. The van der Waals surface area contributed by atoms with Gasteiger partial charge < -0.3 is 10.2 Å². The SMILES string of the molecule is CCC1(c2cccc(C(F)(F)F)c2)C2=C(N=NC2)NC2=C1C(=O)N(Cc1ccccc1)C2C. The van der Waals surface area contributed by atoms with Crippen molar-refractivity contribution in [2.75, 3.05) is 6.54 Å². The van der Waals surface area contributed by atoms with E-state index in [1.54, 1.807) is 11.0 Å². The number of nitrogens with one attached hydrogen (secondary N) is 1. The number of nitrogens with zero attached hydrogens (tertiary/aromatic N) is 3. The Labute approximate surface area is 189 Å². The summed E-state index contributed by atoms with van der Waals surface area (Å²) in [7, 11) is 0. The maximum atomic E-state index is 13.9. The van der Waals surface area contributed by atoms with Gasteiger partial charge in [-0.3, -0.25) is 4.79 Å². The van der Waals surface area contributed by atoms with E-state index in [0.717, 1.165) is 17.2 Å². The molecule has 8 heteroatoms. The standard InChI is InChI=1S/C25H23F3N4O/c1-3-24(17-10-7-11-18(12-17)25(26,27)28)19-13-29-31-22(19)30-21-15(2)32(23(33)20(21)24)14-16-8-5-4-6-9-16/h4-12,15,30H,3,13-14H2,1-2H3. The highest BCUT2D eigenvalue weighted by Crippen LogP contribution is 2.52. The largest absolute Gasteiger partial charge is 0.416 e. The summed E-state index contributed by atoms with van der Waals surface area (Å²) in [4.78, 5) is 15.7. The fourth-order valence-electron chi connectivity index (χ4n) is 5.27. The zero-order valence-corrected chi connectivity index (χ0v) is 18.3. The maximum absolute atomic E-state index is 13.9. The van der Waals surface area contributed by atoms with Crippen LogP contribution >= 0.6 is 0 Å². The number of benzene rings is 2. The minimum Gasteiger partial charge on any atom is -0.340 e. The quantitative estimate of drug-likeness (QED) is 0.683. The van der Waals surface area contributed by atoms with E-state index in [0.29, 0.717) is 35.6 Å². The van der Waals surface area contributed by atoms with Gasteiger partial charge >= 0.3 is 6.18 Å². The molecule has 0 radical (unpaired) electrons. The molecule has 170 valence electrons. The molecule has 0 fully saturated rings. The van der Waals surface area contributed by atoms with Crippen LogP contribution in [0, 0.1) is 0 Å². The first-order valence-corrected chi connectivity index (χ1v) is 10.9. The second-order valence-corrected chi connectivity index (χ2v) is 8.57. The monoisotopic (exact) mass is 452 g/mol. The molecular weight excluding hydrogens is 429 g/mol. The summed E-state index contributed by atoms with van der Waals surface area (Å²) in [5, 5.41) is 11.7. The zero-order chi connectivity index (χ0) is 23.4. The predicted molar refractivity (Wildman–Crippen MR) is 117 cm³/mol. The Bertz CT molecular complexity index is 1220. The minimum atomic E-state index is -4.48. The van der Waals surface area contributed by atoms with E-state index in [1.165, 1.54) is 12.1 Å². The van der Waals surface area contributed by atoms with E-state index in [9.17, 15) is 18.0 Å². The number of amides is 1. The number of carbonyl (C=O) groups is 1. The Balaban J connectivity index is 1.66. The molecule has 0 saturated heterocycles. The van der Waals surface area contributed by atoms with Crippen LogP contribution in [0.4, 0.5) is 13.2 Å². The molecule has 2 atom stereocenters. The zero-order valence-electron chi connectivity index (χ0n) is 18.3. The molecule has 33 heavy (non-hydrogen) atoms. The van der Waals surface area contributed by atoms with Gasteiger partial charge in [0.1, 0.15) is 0 Å². The lowest BCUT2D eigenvalue weighted by atomic mass is 9.64. The fraction of sp³-hybridized carbons (Fsp3) is 0.320. The summed E-state index contributed by atoms with van der Waals surface area (Å²) in [6, 6.07) is 14.7. The summed E-state index contributed by atoms with van der Waals surface area (Å²) in [6.45, 7) is 4.48. The van der Waals surface area contributed by atoms with Crippen LogP contribution in [0.5, 0.6) is 0 Å². The van der Waals surface area contributed by atoms with Gasteiger partial charge in [0.25, 0.3) is 5.91 Å². The number of alkyl halides is 3.